The predicted octanol–water partition coefficient (Wildman–Crippen LogP) is 5.74. The Morgan fingerprint density at radius 2 is 1.90 bits per heavy atom. The summed E-state index contributed by atoms with van der Waals surface area (Å²) in [7, 11) is 1.67. The average molecular weight is 458 g/mol. The molecule has 0 aromatic heterocycles. The zero-order valence-corrected chi connectivity index (χ0v) is 18.3. The van der Waals surface area contributed by atoms with Crippen LogP contribution in [0.2, 0.25) is 10.0 Å². The molecule has 0 saturated carbocycles. The van der Waals surface area contributed by atoms with Crippen molar-refractivity contribution in [3.63, 3.8) is 0 Å². The molecule has 8 heteroatoms. The van der Waals surface area contributed by atoms with E-state index in [4.69, 9.17) is 28.2 Å². The largest absolute Gasteiger partial charge is 0.325 e. The Morgan fingerprint density at radius 1 is 1.13 bits per heavy atom. The number of hydrogen-bond acceptors (Lipinski definition) is 4. The van der Waals surface area contributed by atoms with Gasteiger partial charge in [-0.05, 0) is 29.7 Å². The highest BCUT2D eigenvalue weighted by molar-refractivity contribution is 8.15. The number of benzene rings is 3. The topological polar surface area (TPSA) is 61.8 Å². The number of carbonyl (C=O) groups excluding carboxylic acids is 2. The van der Waals surface area contributed by atoms with Crippen LogP contribution in [0, 0.1) is 0 Å². The molecule has 1 atom stereocenters. The smallest absolute Gasteiger partial charge is 0.242 e. The Hall–Kier alpha value is -2.54. The number of nitrogens with one attached hydrogen (secondary N) is 1. The second kappa shape index (κ2) is 8.68. The van der Waals surface area contributed by atoms with E-state index in [0.717, 1.165) is 16.5 Å². The fourth-order valence-electron chi connectivity index (χ4n) is 3.17. The summed E-state index contributed by atoms with van der Waals surface area (Å²) in [6.45, 7) is 0. The number of amidine groups is 1. The van der Waals surface area contributed by atoms with Crippen molar-refractivity contribution in [3.05, 3.63) is 70.7 Å². The van der Waals surface area contributed by atoms with Crippen molar-refractivity contribution in [3.8, 4) is 0 Å². The molecule has 0 bridgehead atoms. The number of anilines is 1. The van der Waals surface area contributed by atoms with Crippen molar-refractivity contribution >= 4 is 74.1 Å². The molecule has 1 aliphatic heterocycles. The molecule has 1 unspecified atom stereocenters. The van der Waals surface area contributed by atoms with Gasteiger partial charge < -0.3 is 5.32 Å². The Balaban J connectivity index is 1.51. The maximum atomic E-state index is 12.7. The molecule has 1 fully saturated rings. The normalized spacial score (nSPS) is 17.7. The quantitative estimate of drug-likeness (QED) is 0.543. The number of carbonyl (C=O) groups is 2. The fraction of sp³-hybridized carbons (Fsp3) is 0.136. The number of amides is 2. The zero-order chi connectivity index (χ0) is 21.3. The van der Waals surface area contributed by atoms with Crippen molar-refractivity contribution < 1.29 is 9.59 Å². The summed E-state index contributed by atoms with van der Waals surface area (Å²) >= 11 is 13.3. The van der Waals surface area contributed by atoms with Crippen LogP contribution in [0.1, 0.15) is 6.42 Å². The van der Waals surface area contributed by atoms with Crippen molar-refractivity contribution in [2.45, 2.75) is 11.7 Å². The van der Waals surface area contributed by atoms with Gasteiger partial charge in [0.05, 0.1) is 16.4 Å². The summed E-state index contributed by atoms with van der Waals surface area (Å²) in [5, 5.41) is 5.67. The molecule has 1 heterocycles. The summed E-state index contributed by atoms with van der Waals surface area (Å²) < 4.78 is 0. The van der Waals surface area contributed by atoms with E-state index in [-0.39, 0.29) is 18.2 Å². The van der Waals surface area contributed by atoms with Crippen LogP contribution in [0.3, 0.4) is 0 Å². The van der Waals surface area contributed by atoms with Gasteiger partial charge in [-0.1, -0.05) is 71.4 Å². The molecule has 1 aliphatic rings. The van der Waals surface area contributed by atoms with Crippen LogP contribution in [0.15, 0.2) is 65.7 Å². The fourth-order valence-corrected chi connectivity index (χ4v) is 4.77. The van der Waals surface area contributed by atoms with Gasteiger partial charge in [0, 0.05) is 23.9 Å². The van der Waals surface area contributed by atoms with Crippen LogP contribution in [0.25, 0.3) is 10.8 Å². The van der Waals surface area contributed by atoms with Gasteiger partial charge >= 0.3 is 0 Å². The van der Waals surface area contributed by atoms with E-state index in [1.807, 2.05) is 42.5 Å². The van der Waals surface area contributed by atoms with Crippen molar-refractivity contribution in [1.29, 1.82) is 0 Å². The van der Waals surface area contributed by atoms with Gasteiger partial charge in [0.25, 0.3) is 0 Å². The molecule has 1 saturated heterocycles. The van der Waals surface area contributed by atoms with Gasteiger partial charge in [-0.25, -0.2) is 4.99 Å². The van der Waals surface area contributed by atoms with Gasteiger partial charge in [0.1, 0.15) is 5.25 Å². The lowest BCUT2D eigenvalue weighted by Gasteiger charge is -2.10. The van der Waals surface area contributed by atoms with Gasteiger partial charge in [0.15, 0.2) is 5.17 Å². The number of thioether (sulfide) groups is 1. The SMILES string of the molecule is CN1C(=O)C(CC(=O)Nc2ccc(Cl)cc2Cl)SC1=Nc1cccc2ccccc12. The van der Waals surface area contributed by atoms with Crippen molar-refractivity contribution in [2.24, 2.45) is 4.99 Å². The van der Waals surface area contributed by atoms with Crippen LogP contribution in [-0.2, 0) is 9.59 Å². The molecule has 0 aliphatic carbocycles. The third-order valence-corrected chi connectivity index (χ3v) is 6.48. The minimum atomic E-state index is -0.546. The van der Waals surface area contributed by atoms with Crippen molar-refractivity contribution in [1.82, 2.24) is 4.90 Å². The third-order valence-electron chi connectivity index (χ3n) is 4.70. The number of hydrogen-bond donors (Lipinski definition) is 1. The molecule has 5 nitrogen and oxygen atoms in total. The summed E-state index contributed by atoms with van der Waals surface area (Å²) in [6, 6.07) is 18.6. The summed E-state index contributed by atoms with van der Waals surface area (Å²) in [5.74, 6) is -0.457. The van der Waals surface area contributed by atoms with Crippen LogP contribution in [0.5, 0.6) is 0 Å². The molecule has 0 spiro atoms. The molecule has 3 aromatic rings. The molecule has 152 valence electrons. The highest BCUT2D eigenvalue weighted by Crippen LogP contribution is 2.33. The zero-order valence-electron chi connectivity index (χ0n) is 15.9. The number of halogens is 2. The number of nitrogens with zero attached hydrogens (tertiary/aromatic N) is 2. The van der Waals surface area contributed by atoms with Gasteiger partial charge in [0.2, 0.25) is 11.8 Å². The number of rotatable bonds is 4. The van der Waals surface area contributed by atoms with Crippen LogP contribution < -0.4 is 5.32 Å². The van der Waals surface area contributed by atoms with E-state index in [2.05, 4.69) is 5.32 Å². The summed E-state index contributed by atoms with van der Waals surface area (Å²) in [4.78, 5) is 31.3. The number of aliphatic imine (C=N–C) groups is 1. The Morgan fingerprint density at radius 3 is 2.70 bits per heavy atom. The van der Waals surface area contributed by atoms with E-state index in [9.17, 15) is 9.59 Å². The maximum Gasteiger partial charge on any atom is 0.242 e. The molecular formula is C22H17Cl2N3O2S. The Bertz CT molecular complexity index is 1180. The minimum Gasteiger partial charge on any atom is -0.325 e. The second-order valence-electron chi connectivity index (χ2n) is 6.77. The van der Waals surface area contributed by atoms with Crippen LogP contribution >= 0.6 is 35.0 Å². The first-order valence-corrected chi connectivity index (χ1v) is 10.8. The molecule has 0 radical (unpaired) electrons. The standard InChI is InChI=1S/C22H17Cl2N3O2S/c1-27-21(29)19(12-20(28)25-18-10-9-14(23)11-16(18)24)30-22(27)26-17-8-4-6-13-5-2-3-7-15(13)17/h2-11,19H,12H2,1H3,(H,25,28). The lowest BCUT2D eigenvalue weighted by molar-refractivity contribution is -0.127. The molecule has 2 amide bonds. The number of fused-ring (bicyclic) bond motifs is 1. The average Bonchev–Trinajstić information content (AvgIpc) is 2.98. The van der Waals surface area contributed by atoms with E-state index in [0.29, 0.717) is 20.9 Å². The van der Waals surface area contributed by atoms with Gasteiger partial charge in [-0.3, -0.25) is 14.5 Å². The highest BCUT2D eigenvalue weighted by Gasteiger charge is 2.37. The molecular weight excluding hydrogens is 441 g/mol. The van der Waals surface area contributed by atoms with Gasteiger partial charge in [-0.15, -0.1) is 0 Å². The third kappa shape index (κ3) is 4.31. The first-order chi connectivity index (χ1) is 14.4. The molecule has 3 aromatic carbocycles. The van der Waals surface area contributed by atoms with E-state index < -0.39 is 5.25 Å². The van der Waals surface area contributed by atoms with E-state index >= 15 is 0 Å². The Labute approximate surface area is 188 Å². The first kappa shape index (κ1) is 20.7. The lowest BCUT2D eigenvalue weighted by Crippen LogP contribution is -2.30. The van der Waals surface area contributed by atoms with Gasteiger partial charge in [-0.2, -0.15) is 0 Å². The summed E-state index contributed by atoms with van der Waals surface area (Å²) in [5.41, 5.74) is 1.24. The molecule has 30 heavy (non-hydrogen) atoms. The molecule has 4 rings (SSSR count). The maximum absolute atomic E-state index is 12.7. The predicted molar refractivity (Wildman–Crippen MR) is 125 cm³/mol. The Kier molecular flexibility index (Phi) is 5.99. The van der Waals surface area contributed by atoms with Crippen LogP contribution in [0.4, 0.5) is 11.4 Å². The monoisotopic (exact) mass is 457 g/mol. The summed E-state index contributed by atoms with van der Waals surface area (Å²) in [6.07, 6.45) is 0.0152. The second-order valence-corrected chi connectivity index (χ2v) is 8.79. The first-order valence-electron chi connectivity index (χ1n) is 9.18. The lowest BCUT2D eigenvalue weighted by atomic mass is 10.1. The highest BCUT2D eigenvalue weighted by atomic mass is 35.5. The van der Waals surface area contributed by atoms with E-state index in [1.54, 1.807) is 25.2 Å². The van der Waals surface area contributed by atoms with Crippen molar-refractivity contribution in [2.75, 3.05) is 12.4 Å². The van der Waals surface area contributed by atoms with Crippen LogP contribution in [-0.4, -0.2) is 34.2 Å². The minimum absolute atomic E-state index is 0.0152. The molecule has 1 N–H and O–H groups in total. The van der Waals surface area contributed by atoms with E-state index in [1.165, 1.54) is 16.7 Å².